The standard InChI is InChI=1S/C9H14N2O2/c1-4-5-13-9(12)8-6(2)7(3)10-11-8/h4-5H2,1-3H3,(H,10,11). The summed E-state index contributed by atoms with van der Waals surface area (Å²) < 4.78 is 4.95. The van der Waals surface area contributed by atoms with Gasteiger partial charge in [0.1, 0.15) is 0 Å². The number of nitrogens with zero attached hydrogens (tertiary/aromatic N) is 1. The van der Waals surface area contributed by atoms with Crippen LogP contribution in [-0.4, -0.2) is 22.8 Å². The molecule has 1 aromatic heterocycles. The highest BCUT2D eigenvalue weighted by Gasteiger charge is 2.14. The summed E-state index contributed by atoms with van der Waals surface area (Å²) in [6, 6.07) is 0. The third-order valence-corrected chi connectivity index (χ3v) is 1.88. The molecule has 1 rings (SSSR count). The van der Waals surface area contributed by atoms with Gasteiger partial charge in [-0.3, -0.25) is 5.10 Å². The molecule has 1 heterocycles. The molecule has 0 atom stereocenters. The van der Waals surface area contributed by atoms with Crippen LogP contribution in [0.25, 0.3) is 0 Å². The number of carbonyl (C=O) groups is 1. The van der Waals surface area contributed by atoms with Crippen LogP contribution in [0.1, 0.15) is 35.1 Å². The summed E-state index contributed by atoms with van der Waals surface area (Å²) in [5.41, 5.74) is 2.16. The number of aromatic nitrogens is 2. The summed E-state index contributed by atoms with van der Waals surface area (Å²) in [5.74, 6) is -0.344. The second-order valence-corrected chi connectivity index (χ2v) is 2.96. The first-order valence-corrected chi connectivity index (χ1v) is 4.35. The summed E-state index contributed by atoms with van der Waals surface area (Å²) >= 11 is 0. The maximum absolute atomic E-state index is 11.3. The first-order chi connectivity index (χ1) is 6.16. The van der Waals surface area contributed by atoms with E-state index in [1.807, 2.05) is 20.8 Å². The van der Waals surface area contributed by atoms with E-state index in [1.54, 1.807) is 0 Å². The van der Waals surface area contributed by atoms with Crippen molar-refractivity contribution in [2.24, 2.45) is 0 Å². The van der Waals surface area contributed by atoms with Gasteiger partial charge in [0.25, 0.3) is 0 Å². The minimum Gasteiger partial charge on any atom is -0.461 e. The van der Waals surface area contributed by atoms with E-state index < -0.39 is 0 Å². The van der Waals surface area contributed by atoms with Crippen LogP contribution in [0.3, 0.4) is 0 Å². The fourth-order valence-corrected chi connectivity index (χ4v) is 0.947. The van der Waals surface area contributed by atoms with Crippen LogP contribution in [0.5, 0.6) is 0 Å². The molecule has 0 spiro atoms. The molecule has 4 heteroatoms. The molecule has 1 aromatic rings. The molecule has 0 amide bonds. The molecule has 0 aliphatic carbocycles. The molecule has 0 radical (unpaired) electrons. The predicted octanol–water partition coefficient (Wildman–Crippen LogP) is 1.59. The van der Waals surface area contributed by atoms with Crippen molar-refractivity contribution in [3.05, 3.63) is 17.0 Å². The Kier molecular flexibility index (Phi) is 3.06. The normalized spacial score (nSPS) is 10.1. The molecule has 1 N–H and O–H groups in total. The Morgan fingerprint density at radius 1 is 1.54 bits per heavy atom. The number of rotatable bonds is 3. The Morgan fingerprint density at radius 2 is 2.23 bits per heavy atom. The fraction of sp³-hybridized carbons (Fsp3) is 0.556. The van der Waals surface area contributed by atoms with E-state index in [-0.39, 0.29) is 5.97 Å². The summed E-state index contributed by atoms with van der Waals surface area (Å²) in [6.07, 6.45) is 0.828. The number of hydrogen-bond acceptors (Lipinski definition) is 3. The van der Waals surface area contributed by atoms with Crippen molar-refractivity contribution < 1.29 is 9.53 Å². The molecule has 72 valence electrons. The van der Waals surface area contributed by atoms with Crippen molar-refractivity contribution in [1.29, 1.82) is 0 Å². The maximum atomic E-state index is 11.3. The fourth-order valence-electron chi connectivity index (χ4n) is 0.947. The van der Waals surface area contributed by atoms with Gasteiger partial charge in [0.05, 0.1) is 6.61 Å². The lowest BCUT2D eigenvalue weighted by molar-refractivity contribution is 0.0497. The predicted molar refractivity (Wildman–Crippen MR) is 48.6 cm³/mol. The molecule has 0 aliphatic rings. The van der Waals surface area contributed by atoms with Crippen molar-refractivity contribution in [3.63, 3.8) is 0 Å². The number of esters is 1. The minimum atomic E-state index is -0.344. The van der Waals surface area contributed by atoms with Crippen LogP contribution in [0.4, 0.5) is 0 Å². The summed E-state index contributed by atoms with van der Waals surface area (Å²) in [6.45, 7) is 6.13. The van der Waals surface area contributed by atoms with Crippen LogP contribution < -0.4 is 0 Å². The molecule has 0 fully saturated rings. The molecule has 0 saturated carbocycles. The van der Waals surface area contributed by atoms with E-state index in [1.165, 1.54) is 0 Å². The van der Waals surface area contributed by atoms with Crippen molar-refractivity contribution in [3.8, 4) is 0 Å². The summed E-state index contributed by atoms with van der Waals surface area (Å²) in [4.78, 5) is 11.3. The van der Waals surface area contributed by atoms with Gasteiger partial charge in [-0.25, -0.2) is 4.79 Å². The molecule has 4 nitrogen and oxygen atoms in total. The molecule has 0 unspecified atom stereocenters. The highest BCUT2D eigenvalue weighted by atomic mass is 16.5. The molecule has 0 bridgehead atoms. The second-order valence-electron chi connectivity index (χ2n) is 2.96. The van der Waals surface area contributed by atoms with Gasteiger partial charge >= 0.3 is 5.97 Å². The third kappa shape index (κ3) is 2.08. The van der Waals surface area contributed by atoms with E-state index in [9.17, 15) is 4.79 Å². The molecule has 0 saturated heterocycles. The van der Waals surface area contributed by atoms with E-state index in [0.29, 0.717) is 12.3 Å². The van der Waals surface area contributed by atoms with Crippen LogP contribution in [-0.2, 0) is 4.74 Å². The Labute approximate surface area is 77.3 Å². The summed E-state index contributed by atoms with van der Waals surface area (Å²) in [5, 5.41) is 6.61. The summed E-state index contributed by atoms with van der Waals surface area (Å²) in [7, 11) is 0. The van der Waals surface area contributed by atoms with Gasteiger partial charge in [0.15, 0.2) is 5.69 Å². The number of carbonyl (C=O) groups excluding carboxylic acids is 1. The molecule has 0 aliphatic heterocycles. The Balaban J connectivity index is 2.71. The average Bonchev–Trinajstić information content (AvgIpc) is 2.44. The number of ether oxygens (including phenoxy) is 1. The zero-order valence-electron chi connectivity index (χ0n) is 8.18. The Hall–Kier alpha value is -1.32. The Bertz CT molecular complexity index is 305. The molecular weight excluding hydrogens is 168 g/mol. The SMILES string of the molecule is CCCOC(=O)c1n[nH]c(C)c1C. The topological polar surface area (TPSA) is 55.0 Å². The lowest BCUT2D eigenvalue weighted by Crippen LogP contribution is -2.07. The lowest BCUT2D eigenvalue weighted by Gasteiger charge is -2.00. The van der Waals surface area contributed by atoms with Gasteiger partial charge in [-0.05, 0) is 20.3 Å². The van der Waals surface area contributed by atoms with Crippen molar-refractivity contribution >= 4 is 5.97 Å². The quantitative estimate of drug-likeness (QED) is 0.722. The lowest BCUT2D eigenvalue weighted by atomic mass is 10.2. The number of H-pyrrole nitrogens is 1. The van der Waals surface area contributed by atoms with Gasteiger partial charge in [-0.1, -0.05) is 6.92 Å². The van der Waals surface area contributed by atoms with Gasteiger partial charge < -0.3 is 4.74 Å². The Morgan fingerprint density at radius 3 is 2.69 bits per heavy atom. The van der Waals surface area contributed by atoms with Crippen molar-refractivity contribution in [2.45, 2.75) is 27.2 Å². The van der Waals surface area contributed by atoms with E-state index in [4.69, 9.17) is 4.74 Å². The van der Waals surface area contributed by atoms with Gasteiger partial charge in [-0.15, -0.1) is 0 Å². The van der Waals surface area contributed by atoms with E-state index in [2.05, 4.69) is 10.2 Å². The van der Waals surface area contributed by atoms with Crippen molar-refractivity contribution in [1.82, 2.24) is 10.2 Å². The average molecular weight is 182 g/mol. The highest BCUT2D eigenvalue weighted by molar-refractivity contribution is 5.88. The zero-order valence-corrected chi connectivity index (χ0v) is 8.18. The monoisotopic (exact) mass is 182 g/mol. The largest absolute Gasteiger partial charge is 0.461 e. The van der Waals surface area contributed by atoms with Gasteiger partial charge in [-0.2, -0.15) is 5.10 Å². The van der Waals surface area contributed by atoms with Gasteiger partial charge in [0, 0.05) is 11.3 Å². The minimum absolute atomic E-state index is 0.344. The number of aromatic amines is 1. The van der Waals surface area contributed by atoms with Crippen LogP contribution in [0, 0.1) is 13.8 Å². The number of hydrogen-bond donors (Lipinski definition) is 1. The van der Waals surface area contributed by atoms with Crippen LogP contribution in [0.15, 0.2) is 0 Å². The number of nitrogens with one attached hydrogen (secondary N) is 1. The van der Waals surface area contributed by atoms with Crippen LogP contribution in [0.2, 0.25) is 0 Å². The molecular formula is C9H14N2O2. The van der Waals surface area contributed by atoms with Crippen molar-refractivity contribution in [2.75, 3.05) is 6.61 Å². The highest BCUT2D eigenvalue weighted by Crippen LogP contribution is 2.09. The van der Waals surface area contributed by atoms with Crippen LogP contribution >= 0.6 is 0 Å². The van der Waals surface area contributed by atoms with E-state index in [0.717, 1.165) is 17.7 Å². The molecule has 0 aromatic carbocycles. The van der Waals surface area contributed by atoms with E-state index >= 15 is 0 Å². The second kappa shape index (κ2) is 4.07. The zero-order chi connectivity index (χ0) is 9.84. The van der Waals surface area contributed by atoms with Gasteiger partial charge in [0.2, 0.25) is 0 Å². The first kappa shape index (κ1) is 9.77. The number of aryl methyl sites for hydroxylation is 1. The third-order valence-electron chi connectivity index (χ3n) is 1.88. The first-order valence-electron chi connectivity index (χ1n) is 4.35. The molecule has 13 heavy (non-hydrogen) atoms. The smallest absolute Gasteiger partial charge is 0.359 e. The maximum Gasteiger partial charge on any atom is 0.359 e.